The lowest BCUT2D eigenvalue weighted by Crippen LogP contribution is -2.16. The average molecular weight is 368 g/mol. The van der Waals surface area contributed by atoms with Gasteiger partial charge >= 0.3 is 0 Å². The van der Waals surface area contributed by atoms with E-state index in [1.54, 1.807) is 6.92 Å². The van der Waals surface area contributed by atoms with Crippen LogP contribution < -0.4 is 9.47 Å². The Labute approximate surface area is 149 Å². The van der Waals surface area contributed by atoms with Gasteiger partial charge in [0.1, 0.15) is 0 Å². The molecule has 0 saturated heterocycles. The molecule has 6 heteroatoms. The van der Waals surface area contributed by atoms with E-state index in [1.807, 2.05) is 6.92 Å². The average Bonchev–Trinajstić information content (AvgIpc) is 2.63. The maximum atomic E-state index is 14.7. The molecule has 1 aliphatic carbocycles. The maximum Gasteiger partial charge on any atom is 0.171 e. The zero-order valence-corrected chi connectivity index (χ0v) is 14.6. The largest absolute Gasteiger partial charge is 0.491 e. The minimum atomic E-state index is -2.32. The number of halogens is 4. The number of ether oxygens (including phenoxy) is 2. The molecular weight excluding hydrogens is 348 g/mol. The zero-order valence-electron chi connectivity index (χ0n) is 14.6. The fourth-order valence-corrected chi connectivity index (χ4v) is 3.15. The highest BCUT2D eigenvalue weighted by Crippen LogP contribution is 2.52. The minimum absolute atomic E-state index is 0.123. The summed E-state index contributed by atoms with van der Waals surface area (Å²) in [5.74, 6) is -2.16. The van der Waals surface area contributed by atoms with Gasteiger partial charge in [-0.25, -0.2) is 17.6 Å². The van der Waals surface area contributed by atoms with Gasteiger partial charge in [-0.1, -0.05) is 25.5 Å². The summed E-state index contributed by atoms with van der Waals surface area (Å²) >= 11 is 0. The maximum absolute atomic E-state index is 14.7. The van der Waals surface area contributed by atoms with Crippen molar-refractivity contribution in [2.24, 2.45) is 0 Å². The molecule has 0 saturated carbocycles. The van der Waals surface area contributed by atoms with Crippen LogP contribution in [0.4, 0.5) is 17.6 Å². The summed E-state index contributed by atoms with van der Waals surface area (Å²) in [5.41, 5.74) is -0.609. The second-order valence-corrected chi connectivity index (χ2v) is 6.12. The lowest BCUT2D eigenvalue weighted by atomic mass is 9.82. The van der Waals surface area contributed by atoms with E-state index in [1.165, 1.54) is 24.3 Å². The summed E-state index contributed by atoms with van der Waals surface area (Å²) in [6, 6.07) is 5.58. The molecule has 2 unspecified atom stereocenters. The molecule has 26 heavy (non-hydrogen) atoms. The molecule has 140 valence electrons. The van der Waals surface area contributed by atoms with Crippen molar-refractivity contribution in [3.05, 3.63) is 47.0 Å². The van der Waals surface area contributed by atoms with Crippen LogP contribution in [0.2, 0.25) is 0 Å². The van der Waals surface area contributed by atoms with E-state index in [9.17, 15) is 17.6 Å². The standard InChI is InChI=1S/C20H20F4O2/c1-3-5-10-26-14-9-7-12-11-6-8-13(25-4-2)17(21)15(11)19(23)20(24)16(12)18(14)22/h6-9,19-20H,3-5,10H2,1-2H3. The van der Waals surface area contributed by atoms with E-state index in [0.717, 1.165) is 12.8 Å². The van der Waals surface area contributed by atoms with Crippen molar-refractivity contribution >= 4 is 0 Å². The van der Waals surface area contributed by atoms with E-state index in [0.29, 0.717) is 0 Å². The molecule has 2 atom stereocenters. The Morgan fingerprint density at radius 1 is 0.808 bits per heavy atom. The number of rotatable bonds is 6. The first-order valence-electron chi connectivity index (χ1n) is 8.70. The topological polar surface area (TPSA) is 18.5 Å². The Morgan fingerprint density at radius 2 is 1.31 bits per heavy atom. The number of unbranched alkanes of at least 4 members (excludes halogenated alkanes) is 1. The quantitative estimate of drug-likeness (QED) is 0.444. The van der Waals surface area contributed by atoms with Crippen LogP contribution in [0.5, 0.6) is 11.5 Å². The molecule has 2 nitrogen and oxygen atoms in total. The third kappa shape index (κ3) is 3.02. The Morgan fingerprint density at radius 3 is 1.77 bits per heavy atom. The number of fused-ring (bicyclic) bond motifs is 3. The summed E-state index contributed by atoms with van der Waals surface area (Å²) in [7, 11) is 0. The lowest BCUT2D eigenvalue weighted by Gasteiger charge is -2.28. The van der Waals surface area contributed by atoms with Crippen LogP contribution in [0, 0.1) is 11.6 Å². The zero-order chi connectivity index (χ0) is 18.8. The van der Waals surface area contributed by atoms with Gasteiger partial charge in [0, 0.05) is 11.1 Å². The van der Waals surface area contributed by atoms with Crippen LogP contribution >= 0.6 is 0 Å². The summed E-state index contributed by atoms with van der Waals surface area (Å²) < 4.78 is 69.2. The van der Waals surface area contributed by atoms with Gasteiger partial charge in [-0.2, -0.15) is 0 Å². The SMILES string of the molecule is CCCCOc1ccc2c(c1F)C(F)C(F)c1c-2ccc(OCC)c1F. The predicted molar refractivity (Wildman–Crippen MR) is 91.1 cm³/mol. The van der Waals surface area contributed by atoms with Crippen LogP contribution in [0.15, 0.2) is 24.3 Å². The first-order valence-corrected chi connectivity index (χ1v) is 8.70. The number of hydrogen-bond acceptors (Lipinski definition) is 2. The highest BCUT2D eigenvalue weighted by molar-refractivity contribution is 5.76. The molecule has 2 aromatic rings. The molecule has 0 bridgehead atoms. The van der Waals surface area contributed by atoms with Crippen molar-refractivity contribution in [1.29, 1.82) is 0 Å². The lowest BCUT2D eigenvalue weighted by molar-refractivity contribution is 0.158. The van der Waals surface area contributed by atoms with Crippen molar-refractivity contribution in [2.45, 2.75) is 39.0 Å². The Balaban J connectivity index is 2.11. The van der Waals surface area contributed by atoms with E-state index in [-0.39, 0.29) is 35.8 Å². The molecular formula is C20H20F4O2. The van der Waals surface area contributed by atoms with Gasteiger partial charge in [0.05, 0.1) is 13.2 Å². The Bertz CT molecular complexity index is 807. The highest BCUT2D eigenvalue weighted by Gasteiger charge is 2.40. The van der Waals surface area contributed by atoms with Crippen molar-refractivity contribution < 1.29 is 27.0 Å². The van der Waals surface area contributed by atoms with Gasteiger partial charge in [-0.05, 0) is 36.6 Å². The van der Waals surface area contributed by atoms with E-state index in [4.69, 9.17) is 9.47 Å². The van der Waals surface area contributed by atoms with Crippen molar-refractivity contribution in [3.63, 3.8) is 0 Å². The predicted octanol–water partition coefficient (Wildman–Crippen LogP) is 6.24. The molecule has 0 radical (unpaired) electrons. The minimum Gasteiger partial charge on any atom is -0.491 e. The molecule has 0 N–H and O–H groups in total. The van der Waals surface area contributed by atoms with Crippen LogP contribution in [-0.4, -0.2) is 13.2 Å². The molecule has 0 fully saturated rings. The summed E-state index contributed by atoms with van der Waals surface area (Å²) in [6.07, 6.45) is -3.06. The second kappa shape index (κ2) is 7.56. The molecule has 0 spiro atoms. The Kier molecular flexibility index (Phi) is 5.39. The number of hydrogen-bond donors (Lipinski definition) is 0. The second-order valence-electron chi connectivity index (χ2n) is 6.12. The normalized spacial score (nSPS) is 18.2. The summed E-state index contributed by atoms with van der Waals surface area (Å²) in [4.78, 5) is 0. The van der Waals surface area contributed by atoms with Crippen molar-refractivity contribution in [2.75, 3.05) is 13.2 Å². The first-order chi connectivity index (χ1) is 12.5. The molecule has 2 aromatic carbocycles. The van der Waals surface area contributed by atoms with Crippen molar-refractivity contribution in [3.8, 4) is 22.6 Å². The van der Waals surface area contributed by atoms with E-state index in [2.05, 4.69) is 0 Å². The molecule has 0 aliphatic heterocycles. The smallest absolute Gasteiger partial charge is 0.171 e. The van der Waals surface area contributed by atoms with Crippen LogP contribution in [-0.2, 0) is 0 Å². The van der Waals surface area contributed by atoms with Gasteiger partial charge in [-0.3, -0.25) is 0 Å². The fourth-order valence-electron chi connectivity index (χ4n) is 3.15. The third-order valence-corrected chi connectivity index (χ3v) is 4.44. The molecule has 0 amide bonds. The van der Waals surface area contributed by atoms with Crippen molar-refractivity contribution in [1.82, 2.24) is 0 Å². The first kappa shape index (κ1) is 18.5. The molecule has 0 heterocycles. The van der Waals surface area contributed by atoms with E-state index >= 15 is 0 Å². The van der Waals surface area contributed by atoms with Gasteiger partial charge in [0.15, 0.2) is 35.5 Å². The molecule has 1 aliphatic rings. The third-order valence-electron chi connectivity index (χ3n) is 4.44. The van der Waals surface area contributed by atoms with Crippen LogP contribution in [0.3, 0.4) is 0 Å². The fraction of sp³-hybridized carbons (Fsp3) is 0.400. The van der Waals surface area contributed by atoms with Gasteiger partial charge in [-0.15, -0.1) is 0 Å². The van der Waals surface area contributed by atoms with E-state index < -0.39 is 35.1 Å². The summed E-state index contributed by atoms with van der Waals surface area (Å²) in [5, 5.41) is 0. The summed E-state index contributed by atoms with van der Waals surface area (Å²) in [6.45, 7) is 4.09. The number of benzene rings is 2. The van der Waals surface area contributed by atoms with Gasteiger partial charge in [0.25, 0.3) is 0 Å². The molecule has 0 aromatic heterocycles. The van der Waals surface area contributed by atoms with Gasteiger partial charge < -0.3 is 9.47 Å². The van der Waals surface area contributed by atoms with Crippen LogP contribution in [0.1, 0.15) is 50.2 Å². The molecule has 3 rings (SSSR count). The Hall–Kier alpha value is -2.24. The monoisotopic (exact) mass is 368 g/mol. The highest BCUT2D eigenvalue weighted by atomic mass is 19.2. The number of alkyl halides is 2. The van der Waals surface area contributed by atoms with Gasteiger partial charge in [0.2, 0.25) is 0 Å². The van der Waals surface area contributed by atoms with Crippen LogP contribution in [0.25, 0.3) is 11.1 Å².